The van der Waals surface area contributed by atoms with Crippen LogP contribution in [0.15, 0.2) is 71.4 Å². The molecule has 1 amide bonds. The minimum absolute atomic E-state index is 0.137. The Balaban J connectivity index is 0.000000566. The predicted octanol–water partition coefficient (Wildman–Crippen LogP) is 2.87. The first-order chi connectivity index (χ1) is 20.9. The average molecular weight is 635 g/mol. The summed E-state index contributed by atoms with van der Waals surface area (Å²) in [7, 11) is 1.56. The summed E-state index contributed by atoms with van der Waals surface area (Å²) < 4.78 is 43.7. The zero-order valence-corrected chi connectivity index (χ0v) is 24.7. The minimum atomic E-state index is -5.19. The highest BCUT2D eigenvalue weighted by atomic mass is 32.1. The number of ether oxygens (including phenoxy) is 2. The van der Waals surface area contributed by atoms with Gasteiger partial charge in [-0.15, -0.1) is 11.3 Å². The number of fused-ring (bicyclic) bond motifs is 3. The molecule has 0 unspecified atom stereocenters. The fourth-order valence-corrected chi connectivity index (χ4v) is 6.54. The largest absolute Gasteiger partial charge is 0.542 e. The van der Waals surface area contributed by atoms with E-state index in [1.165, 1.54) is 11.3 Å². The molecule has 0 saturated carbocycles. The molecule has 2 bridgehead atoms. The molecule has 44 heavy (non-hydrogen) atoms. The average Bonchev–Trinajstić information content (AvgIpc) is 3.51. The number of carboxylic acid groups (broad SMARTS) is 1. The minimum Gasteiger partial charge on any atom is -0.542 e. The number of piperidine rings is 3. The number of thiophene rings is 1. The van der Waals surface area contributed by atoms with Crippen LogP contribution < -0.4 is 15.2 Å². The van der Waals surface area contributed by atoms with Crippen LogP contribution in [0.5, 0.6) is 5.75 Å². The summed E-state index contributed by atoms with van der Waals surface area (Å²) in [6.07, 6.45) is -3.56. The second-order valence-electron chi connectivity index (χ2n) is 10.8. The van der Waals surface area contributed by atoms with Gasteiger partial charge in [0, 0.05) is 29.5 Å². The fraction of sp³-hybridized carbons (Fsp3) is 0.387. The zero-order chi connectivity index (χ0) is 32.0. The number of hydrogen-bond donors (Lipinski definition) is 2. The lowest BCUT2D eigenvalue weighted by Gasteiger charge is -2.52. The number of carboxylic acids is 1. The van der Waals surface area contributed by atoms with Gasteiger partial charge in [0.2, 0.25) is 5.60 Å². The summed E-state index contributed by atoms with van der Waals surface area (Å²) >= 11 is 1.44. The summed E-state index contributed by atoms with van der Waals surface area (Å²) in [6, 6.07) is 18.0. The van der Waals surface area contributed by atoms with Gasteiger partial charge in [0.25, 0.3) is 5.91 Å². The topological polar surface area (TPSA) is 125 Å². The third-order valence-electron chi connectivity index (χ3n) is 8.17. The molecule has 2 aromatic carbocycles. The number of nitrogens with zero attached hydrogens (tertiary/aromatic N) is 1. The van der Waals surface area contributed by atoms with Gasteiger partial charge in [0.15, 0.2) is 6.10 Å². The molecule has 13 heteroatoms. The number of halogens is 3. The maximum atomic E-state index is 13.7. The van der Waals surface area contributed by atoms with Crippen LogP contribution in [0, 0.1) is 5.92 Å². The van der Waals surface area contributed by atoms with Gasteiger partial charge in [-0.3, -0.25) is 4.79 Å². The number of hydrogen-bond acceptors (Lipinski definition) is 8. The van der Waals surface area contributed by atoms with Crippen molar-refractivity contribution in [2.24, 2.45) is 5.92 Å². The predicted molar refractivity (Wildman–Crippen MR) is 152 cm³/mol. The van der Waals surface area contributed by atoms with Crippen molar-refractivity contribution in [3.05, 3.63) is 88.1 Å². The van der Waals surface area contributed by atoms with Gasteiger partial charge in [-0.1, -0.05) is 60.7 Å². The van der Waals surface area contributed by atoms with Crippen LogP contribution >= 0.6 is 11.3 Å². The van der Waals surface area contributed by atoms with Crippen LogP contribution in [0.4, 0.5) is 13.2 Å². The Morgan fingerprint density at radius 2 is 1.55 bits per heavy atom. The van der Waals surface area contributed by atoms with Crippen molar-refractivity contribution in [3.63, 3.8) is 0 Å². The van der Waals surface area contributed by atoms with Crippen LogP contribution in [0.3, 0.4) is 0 Å². The molecule has 3 aromatic rings. The molecular weight excluding hydrogens is 601 g/mol. The first-order valence-corrected chi connectivity index (χ1v) is 14.9. The van der Waals surface area contributed by atoms with Gasteiger partial charge in [0.1, 0.15) is 18.3 Å². The highest BCUT2D eigenvalue weighted by Crippen LogP contribution is 2.38. The Morgan fingerprint density at radius 3 is 2.05 bits per heavy atom. The van der Waals surface area contributed by atoms with Gasteiger partial charge in [-0.05, 0) is 11.1 Å². The number of quaternary nitrogens is 1. The third kappa shape index (κ3) is 7.40. The number of aliphatic hydroxyl groups is 1. The summed E-state index contributed by atoms with van der Waals surface area (Å²) in [5.74, 6) is -2.91. The van der Waals surface area contributed by atoms with Crippen molar-refractivity contribution in [1.82, 2.24) is 5.32 Å². The van der Waals surface area contributed by atoms with Crippen LogP contribution in [-0.4, -0.2) is 79.5 Å². The molecular formula is C31H33F3N2O7S. The van der Waals surface area contributed by atoms with Gasteiger partial charge in [-0.25, -0.2) is 4.79 Å². The number of aliphatic carboxylic acids is 1. The number of nitrogens with one attached hydrogen (secondary N) is 1. The van der Waals surface area contributed by atoms with Crippen molar-refractivity contribution in [2.75, 3.05) is 39.8 Å². The fourth-order valence-electron chi connectivity index (χ4n) is 5.76. The van der Waals surface area contributed by atoms with Crippen molar-refractivity contribution in [3.8, 4) is 5.75 Å². The van der Waals surface area contributed by atoms with E-state index in [9.17, 15) is 27.9 Å². The zero-order valence-electron chi connectivity index (χ0n) is 23.9. The smallest absolute Gasteiger partial charge is 0.430 e. The maximum absolute atomic E-state index is 13.7. The molecule has 3 aliphatic heterocycles. The summed E-state index contributed by atoms with van der Waals surface area (Å²) in [4.78, 5) is 35.1. The number of methoxy groups -OCH3 is 1. The number of benzene rings is 2. The van der Waals surface area contributed by atoms with Crippen LogP contribution in [-0.2, 0) is 19.9 Å². The monoisotopic (exact) mass is 634 g/mol. The molecule has 3 saturated heterocycles. The van der Waals surface area contributed by atoms with Crippen molar-refractivity contribution in [1.29, 1.82) is 0 Å². The molecule has 0 aliphatic carbocycles. The quantitative estimate of drug-likeness (QED) is 0.274. The summed E-state index contributed by atoms with van der Waals surface area (Å²) in [5, 5.41) is 27.2. The number of amides is 1. The molecule has 4 heterocycles. The number of carbonyl (C=O) groups excluding carboxylic acids is 3. The lowest BCUT2D eigenvalue weighted by molar-refractivity contribution is -0.945. The Hall–Kier alpha value is -3.94. The Kier molecular flexibility index (Phi) is 10.3. The normalized spacial score (nSPS) is 21.0. The molecule has 236 valence electrons. The standard InChI is InChI=1S/C29H32N2O5S.C2HF3O2/c1-35-26-20-37-19-24(26)27(32)30-14-17-31-15-12-21(13-16-31)25(18-31)36-28(33)29(34,22-8-4-2-5-9-22)23-10-6-3-7-11-23;3-2(4,5)1(6)7/h2-11,19-21,25,34H,12-18H2,1H3;(H,6,7)/t21?,25-,31?;/m0./s1. The van der Waals surface area contributed by atoms with Gasteiger partial charge in [0.05, 0.1) is 38.9 Å². The molecule has 3 aliphatic rings. The lowest BCUT2D eigenvalue weighted by atomic mass is 9.82. The third-order valence-corrected chi connectivity index (χ3v) is 8.89. The second-order valence-corrected chi connectivity index (χ2v) is 11.6. The van der Waals surface area contributed by atoms with E-state index in [-0.39, 0.29) is 17.9 Å². The molecule has 1 atom stereocenters. The van der Waals surface area contributed by atoms with Gasteiger partial charge in [-0.2, -0.15) is 13.2 Å². The second kappa shape index (κ2) is 13.8. The number of alkyl halides is 3. The van der Waals surface area contributed by atoms with Gasteiger partial charge >= 0.3 is 12.1 Å². The Bertz CT molecular complexity index is 1390. The highest BCUT2D eigenvalue weighted by molar-refractivity contribution is 7.08. The van der Waals surface area contributed by atoms with E-state index >= 15 is 0 Å². The molecule has 1 aromatic heterocycles. The number of rotatable bonds is 9. The van der Waals surface area contributed by atoms with Crippen molar-refractivity contribution < 1.29 is 51.7 Å². The lowest BCUT2D eigenvalue weighted by Crippen LogP contribution is -2.66. The van der Waals surface area contributed by atoms with Crippen molar-refractivity contribution in [2.45, 2.75) is 30.7 Å². The highest BCUT2D eigenvalue weighted by Gasteiger charge is 2.50. The Labute approximate surface area is 256 Å². The van der Waals surface area contributed by atoms with E-state index in [0.29, 0.717) is 35.5 Å². The van der Waals surface area contributed by atoms with Crippen molar-refractivity contribution >= 4 is 29.2 Å². The number of carbonyl (C=O) groups is 3. The van der Waals surface area contributed by atoms with E-state index in [1.807, 2.05) is 41.8 Å². The molecule has 0 radical (unpaired) electrons. The van der Waals surface area contributed by atoms with Crippen LogP contribution in [0.2, 0.25) is 0 Å². The van der Waals surface area contributed by atoms with Gasteiger partial charge < -0.3 is 34.3 Å². The summed E-state index contributed by atoms with van der Waals surface area (Å²) in [5.41, 5.74) is -0.351. The summed E-state index contributed by atoms with van der Waals surface area (Å²) in [6.45, 7) is 3.98. The first-order valence-electron chi connectivity index (χ1n) is 14.0. The van der Waals surface area contributed by atoms with E-state index in [4.69, 9.17) is 19.4 Å². The molecule has 3 fully saturated rings. The van der Waals surface area contributed by atoms with E-state index in [2.05, 4.69) is 5.32 Å². The number of esters is 1. The molecule has 6 rings (SSSR count). The van der Waals surface area contributed by atoms with E-state index in [1.54, 1.807) is 36.8 Å². The first kappa shape index (κ1) is 33.0. The molecule has 2 N–H and O–H groups in total. The van der Waals surface area contributed by atoms with E-state index < -0.39 is 23.7 Å². The SMILES string of the molecule is COc1cscc1C(=O)NCC[N+]12CCC(CC1)[C@@H](OC(=O)C(O)(c1ccccc1)c1ccccc1)C2.O=C([O-])C(F)(F)F. The maximum Gasteiger partial charge on any atom is 0.430 e. The molecule has 0 spiro atoms. The Morgan fingerprint density at radius 1 is 1.00 bits per heavy atom. The molecule has 9 nitrogen and oxygen atoms in total. The van der Waals surface area contributed by atoms with Crippen LogP contribution in [0.25, 0.3) is 0 Å². The van der Waals surface area contributed by atoms with Crippen LogP contribution in [0.1, 0.15) is 34.3 Å². The van der Waals surface area contributed by atoms with E-state index in [0.717, 1.165) is 37.0 Å².